The smallest absolute Gasteiger partial charge is 0.350 e. The van der Waals surface area contributed by atoms with Gasteiger partial charge in [0.05, 0.1) is 12.3 Å². The lowest BCUT2D eigenvalue weighted by Gasteiger charge is -2.02. The summed E-state index contributed by atoms with van der Waals surface area (Å²) >= 11 is 2.39. The standard InChI is InChI=1S/C16H16N4O4S2/c1-5-24-14(23)11-7(2)18-15(26-11)19-12(21)10-6-17-16-20(13(10)22)8(3)9(4)25-16/h6H,5H2,1-4H3,(H,18,19,21). The van der Waals surface area contributed by atoms with Crippen molar-refractivity contribution in [2.45, 2.75) is 27.7 Å². The number of nitrogens with zero attached hydrogens (tertiary/aromatic N) is 3. The van der Waals surface area contributed by atoms with Crippen molar-refractivity contribution in [3.63, 3.8) is 0 Å². The summed E-state index contributed by atoms with van der Waals surface area (Å²) in [5.41, 5.74) is 0.687. The van der Waals surface area contributed by atoms with Crippen molar-refractivity contribution in [3.05, 3.63) is 43.3 Å². The molecule has 10 heteroatoms. The van der Waals surface area contributed by atoms with Crippen molar-refractivity contribution >= 4 is 44.6 Å². The van der Waals surface area contributed by atoms with Gasteiger partial charge >= 0.3 is 5.97 Å². The zero-order valence-electron chi connectivity index (χ0n) is 14.6. The van der Waals surface area contributed by atoms with Crippen LogP contribution >= 0.6 is 22.7 Å². The van der Waals surface area contributed by atoms with Crippen LogP contribution in [-0.2, 0) is 4.74 Å². The van der Waals surface area contributed by atoms with E-state index in [1.54, 1.807) is 20.8 Å². The predicted molar refractivity (Wildman–Crippen MR) is 99.6 cm³/mol. The van der Waals surface area contributed by atoms with Crippen LogP contribution in [0.3, 0.4) is 0 Å². The number of anilines is 1. The number of ether oxygens (including phenoxy) is 1. The second-order valence-electron chi connectivity index (χ2n) is 5.45. The highest BCUT2D eigenvalue weighted by Crippen LogP contribution is 2.24. The molecule has 0 bridgehead atoms. The molecule has 0 saturated heterocycles. The van der Waals surface area contributed by atoms with Crippen LogP contribution in [0.5, 0.6) is 0 Å². The number of fused-ring (bicyclic) bond motifs is 1. The molecule has 0 aliphatic heterocycles. The summed E-state index contributed by atoms with van der Waals surface area (Å²) in [5, 5.41) is 2.78. The molecule has 0 spiro atoms. The van der Waals surface area contributed by atoms with Crippen LogP contribution in [-0.4, -0.2) is 32.9 Å². The Labute approximate surface area is 156 Å². The van der Waals surface area contributed by atoms with Crippen molar-refractivity contribution in [2.75, 3.05) is 11.9 Å². The lowest BCUT2D eigenvalue weighted by molar-refractivity contribution is 0.0531. The quantitative estimate of drug-likeness (QED) is 0.685. The second-order valence-corrected chi connectivity index (χ2v) is 7.63. The largest absolute Gasteiger partial charge is 0.462 e. The van der Waals surface area contributed by atoms with E-state index in [1.165, 1.54) is 21.9 Å². The Morgan fingerprint density at radius 2 is 2.00 bits per heavy atom. The SMILES string of the molecule is CCOC(=O)c1sc(NC(=O)c2cnc3sc(C)c(C)n3c2=O)nc1C. The number of aromatic nitrogens is 3. The van der Waals surface area contributed by atoms with E-state index in [2.05, 4.69) is 15.3 Å². The van der Waals surface area contributed by atoms with Gasteiger partial charge in [0.1, 0.15) is 10.4 Å². The van der Waals surface area contributed by atoms with E-state index in [4.69, 9.17) is 4.74 Å². The number of hydrogen-bond donors (Lipinski definition) is 1. The van der Waals surface area contributed by atoms with Crippen LogP contribution < -0.4 is 10.9 Å². The lowest BCUT2D eigenvalue weighted by Crippen LogP contribution is -2.26. The number of amides is 1. The van der Waals surface area contributed by atoms with Gasteiger partial charge in [0.25, 0.3) is 11.5 Å². The molecular formula is C16H16N4O4S2. The molecular weight excluding hydrogens is 376 g/mol. The number of nitrogens with one attached hydrogen (secondary N) is 1. The summed E-state index contributed by atoms with van der Waals surface area (Å²) in [6.45, 7) is 7.31. The normalized spacial score (nSPS) is 10.9. The number of thiazole rings is 2. The molecule has 3 aromatic rings. The number of esters is 1. The molecule has 0 aliphatic carbocycles. The van der Waals surface area contributed by atoms with E-state index in [-0.39, 0.29) is 17.3 Å². The van der Waals surface area contributed by atoms with Gasteiger partial charge in [-0.2, -0.15) is 0 Å². The van der Waals surface area contributed by atoms with Crippen molar-refractivity contribution in [3.8, 4) is 0 Å². The molecule has 3 heterocycles. The summed E-state index contributed by atoms with van der Waals surface area (Å²) in [4.78, 5) is 47.1. The number of hydrogen-bond acceptors (Lipinski definition) is 8. The van der Waals surface area contributed by atoms with Crippen molar-refractivity contribution in [1.29, 1.82) is 0 Å². The zero-order valence-corrected chi connectivity index (χ0v) is 16.2. The molecule has 0 unspecified atom stereocenters. The number of carbonyl (C=O) groups excluding carboxylic acids is 2. The first kappa shape index (κ1) is 18.2. The fourth-order valence-electron chi connectivity index (χ4n) is 2.33. The molecule has 26 heavy (non-hydrogen) atoms. The Bertz CT molecular complexity index is 1080. The van der Waals surface area contributed by atoms with Crippen LogP contribution in [0.4, 0.5) is 5.13 Å². The molecule has 0 aliphatic rings. The first-order chi connectivity index (χ1) is 12.3. The Hall–Kier alpha value is -2.59. The minimum absolute atomic E-state index is 0.0889. The van der Waals surface area contributed by atoms with Crippen LogP contribution in [0.15, 0.2) is 11.0 Å². The average Bonchev–Trinajstić information content (AvgIpc) is 3.08. The third kappa shape index (κ3) is 3.13. The lowest BCUT2D eigenvalue weighted by atomic mass is 10.3. The molecule has 1 N–H and O–H groups in total. The molecule has 8 nitrogen and oxygen atoms in total. The summed E-state index contributed by atoms with van der Waals surface area (Å²) in [7, 11) is 0. The topological polar surface area (TPSA) is 103 Å². The van der Waals surface area contributed by atoms with Crippen molar-refractivity contribution < 1.29 is 14.3 Å². The van der Waals surface area contributed by atoms with Crippen LogP contribution in [0.25, 0.3) is 4.96 Å². The van der Waals surface area contributed by atoms with Gasteiger partial charge in [-0.3, -0.25) is 19.3 Å². The van der Waals surface area contributed by atoms with Gasteiger partial charge in [-0.05, 0) is 27.7 Å². The Morgan fingerprint density at radius 3 is 2.69 bits per heavy atom. The summed E-state index contributed by atoms with van der Waals surface area (Å²) in [5.74, 6) is -1.11. The first-order valence-corrected chi connectivity index (χ1v) is 9.40. The zero-order chi connectivity index (χ0) is 19.0. The van der Waals surface area contributed by atoms with Crippen LogP contribution in [0, 0.1) is 20.8 Å². The Kier molecular flexibility index (Phi) is 4.88. The Morgan fingerprint density at radius 1 is 1.27 bits per heavy atom. The summed E-state index contributed by atoms with van der Waals surface area (Å²) in [6.07, 6.45) is 1.26. The second kappa shape index (κ2) is 6.96. The molecule has 3 aromatic heterocycles. The minimum Gasteiger partial charge on any atom is -0.462 e. The molecule has 0 aromatic carbocycles. The van der Waals surface area contributed by atoms with Crippen LogP contribution in [0.2, 0.25) is 0 Å². The molecule has 0 fully saturated rings. The van der Waals surface area contributed by atoms with E-state index in [1.807, 2.05) is 6.92 Å². The van der Waals surface area contributed by atoms with Gasteiger partial charge in [0.15, 0.2) is 10.1 Å². The van der Waals surface area contributed by atoms with E-state index < -0.39 is 17.4 Å². The number of carbonyl (C=O) groups is 2. The average molecular weight is 392 g/mol. The molecule has 0 saturated carbocycles. The highest BCUT2D eigenvalue weighted by Gasteiger charge is 2.20. The van der Waals surface area contributed by atoms with Gasteiger partial charge in [-0.15, -0.1) is 11.3 Å². The molecule has 3 rings (SSSR count). The number of aryl methyl sites for hydroxylation is 3. The molecule has 0 atom stereocenters. The van der Waals surface area contributed by atoms with Gasteiger partial charge in [0.2, 0.25) is 0 Å². The molecule has 136 valence electrons. The number of rotatable bonds is 4. The van der Waals surface area contributed by atoms with Crippen molar-refractivity contribution in [1.82, 2.24) is 14.4 Å². The fraction of sp³-hybridized carbons (Fsp3) is 0.312. The minimum atomic E-state index is -0.621. The van der Waals surface area contributed by atoms with Gasteiger partial charge < -0.3 is 4.74 Å². The van der Waals surface area contributed by atoms with E-state index in [0.29, 0.717) is 15.5 Å². The fourth-order valence-corrected chi connectivity index (χ4v) is 4.12. The van der Waals surface area contributed by atoms with Crippen molar-refractivity contribution in [2.24, 2.45) is 0 Å². The maximum atomic E-state index is 12.6. The first-order valence-electron chi connectivity index (χ1n) is 7.77. The van der Waals surface area contributed by atoms with Gasteiger partial charge in [0, 0.05) is 16.8 Å². The predicted octanol–water partition coefficient (Wildman–Crippen LogP) is 2.57. The van der Waals surface area contributed by atoms with E-state index >= 15 is 0 Å². The van der Waals surface area contributed by atoms with Gasteiger partial charge in [-0.25, -0.2) is 14.8 Å². The maximum absolute atomic E-state index is 12.6. The summed E-state index contributed by atoms with van der Waals surface area (Å²) in [6, 6.07) is 0. The third-order valence-electron chi connectivity index (χ3n) is 3.74. The monoisotopic (exact) mass is 392 g/mol. The van der Waals surface area contributed by atoms with Gasteiger partial charge in [-0.1, -0.05) is 11.3 Å². The van der Waals surface area contributed by atoms with E-state index in [9.17, 15) is 14.4 Å². The van der Waals surface area contributed by atoms with E-state index in [0.717, 1.165) is 21.9 Å². The third-order valence-corrected chi connectivity index (χ3v) is 5.87. The summed E-state index contributed by atoms with van der Waals surface area (Å²) < 4.78 is 6.37. The Balaban J connectivity index is 1.92. The highest BCUT2D eigenvalue weighted by molar-refractivity contribution is 7.17. The molecule has 0 radical (unpaired) electrons. The maximum Gasteiger partial charge on any atom is 0.350 e. The molecule has 1 amide bonds. The van der Waals surface area contributed by atoms with Crippen LogP contribution in [0.1, 0.15) is 43.2 Å². The highest BCUT2D eigenvalue weighted by atomic mass is 32.1.